The van der Waals surface area contributed by atoms with Crippen LogP contribution in [-0.2, 0) is 0 Å². The summed E-state index contributed by atoms with van der Waals surface area (Å²) in [5.41, 5.74) is 0.456. The van der Waals surface area contributed by atoms with Gasteiger partial charge in [-0.3, -0.25) is 14.9 Å². The summed E-state index contributed by atoms with van der Waals surface area (Å²) < 4.78 is 0. The average Bonchev–Trinajstić information content (AvgIpc) is 2.38. The highest BCUT2D eigenvalue weighted by atomic mass is 16.6. The molecular formula is C12H17N3O3. The van der Waals surface area contributed by atoms with E-state index in [0.717, 1.165) is 13.0 Å². The molecule has 0 aliphatic carbocycles. The van der Waals surface area contributed by atoms with Crippen molar-refractivity contribution in [2.75, 3.05) is 27.2 Å². The zero-order valence-corrected chi connectivity index (χ0v) is 10.5. The summed E-state index contributed by atoms with van der Waals surface area (Å²) in [6.07, 6.45) is 0.867. The van der Waals surface area contributed by atoms with E-state index >= 15 is 0 Å². The fourth-order valence-corrected chi connectivity index (χ4v) is 1.54. The van der Waals surface area contributed by atoms with E-state index in [0.29, 0.717) is 12.1 Å². The molecule has 0 saturated carbocycles. The van der Waals surface area contributed by atoms with Gasteiger partial charge in [0.2, 0.25) is 0 Å². The van der Waals surface area contributed by atoms with Crippen LogP contribution in [0.1, 0.15) is 16.8 Å². The van der Waals surface area contributed by atoms with Gasteiger partial charge >= 0.3 is 0 Å². The number of nitro benzene ring substituents is 1. The minimum Gasteiger partial charge on any atom is -0.342 e. The molecule has 98 valence electrons. The first-order chi connectivity index (χ1) is 8.56. The molecule has 0 atom stereocenters. The normalized spacial score (nSPS) is 10.1. The lowest BCUT2D eigenvalue weighted by Crippen LogP contribution is -2.29. The Labute approximate surface area is 106 Å². The van der Waals surface area contributed by atoms with Gasteiger partial charge in [-0.05, 0) is 32.1 Å². The monoisotopic (exact) mass is 251 g/mol. The molecule has 6 nitrogen and oxygen atoms in total. The second-order valence-electron chi connectivity index (χ2n) is 3.99. The first-order valence-corrected chi connectivity index (χ1v) is 5.70. The summed E-state index contributed by atoms with van der Waals surface area (Å²) in [6.45, 7) is 1.49. The highest BCUT2D eigenvalue weighted by Crippen LogP contribution is 2.13. The quantitative estimate of drug-likeness (QED) is 0.469. The lowest BCUT2D eigenvalue weighted by atomic mass is 10.2. The molecule has 0 aromatic heterocycles. The van der Waals surface area contributed by atoms with Crippen LogP contribution in [0.25, 0.3) is 0 Å². The molecule has 0 fully saturated rings. The van der Waals surface area contributed by atoms with Crippen molar-refractivity contribution in [2.45, 2.75) is 6.42 Å². The van der Waals surface area contributed by atoms with Gasteiger partial charge in [-0.1, -0.05) is 0 Å². The van der Waals surface area contributed by atoms with Gasteiger partial charge < -0.3 is 10.2 Å². The number of carbonyl (C=O) groups excluding carboxylic acids is 1. The van der Waals surface area contributed by atoms with E-state index in [2.05, 4.69) is 5.32 Å². The van der Waals surface area contributed by atoms with Crippen molar-refractivity contribution in [1.29, 1.82) is 0 Å². The summed E-state index contributed by atoms with van der Waals surface area (Å²) in [5, 5.41) is 13.5. The van der Waals surface area contributed by atoms with E-state index < -0.39 is 4.92 Å². The number of nitro groups is 1. The van der Waals surface area contributed by atoms with Crippen molar-refractivity contribution in [3.63, 3.8) is 0 Å². The molecule has 18 heavy (non-hydrogen) atoms. The Balaban J connectivity index is 2.63. The first-order valence-electron chi connectivity index (χ1n) is 5.70. The molecule has 0 radical (unpaired) electrons. The Hall–Kier alpha value is -1.95. The molecule has 0 bridgehead atoms. The zero-order chi connectivity index (χ0) is 13.5. The third kappa shape index (κ3) is 3.81. The minimum absolute atomic E-state index is 0.00983. The summed E-state index contributed by atoms with van der Waals surface area (Å²) in [7, 11) is 3.58. The second-order valence-corrected chi connectivity index (χ2v) is 3.99. The fourth-order valence-electron chi connectivity index (χ4n) is 1.54. The summed E-state index contributed by atoms with van der Waals surface area (Å²) >= 11 is 0. The predicted octanol–water partition coefficient (Wildman–Crippen LogP) is 1.28. The van der Waals surface area contributed by atoms with Crippen LogP contribution in [0.4, 0.5) is 5.69 Å². The molecule has 1 amide bonds. The zero-order valence-electron chi connectivity index (χ0n) is 10.5. The molecule has 0 heterocycles. The second kappa shape index (κ2) is 6.70. The van der Waals surface area contributed by atoms with Gasteiger partial charge in [0.1, 0.15) is 0 Å². The van der Waals surface area contributed by atoms with Crippen molar-refractivity contribution in [3.05, 3.63) is 39.9 Å². The average molecular weight is 251 g/mol. The van der Waals surface area contributed by atoms with Gasteiger partial charge in [-0.25, -0.2) is 0 Å². The van der Waals surface area contributed by atoms with Crippen LogP contribution >= 0.6 is 0 Å². The van der Waals surface area contributed by atoms with Gasteiger partial charge in [0.05, 0.1) is 4.92 Å². The predicted molar refractivity (Wildman–Crippen MR) is 68.6 cm³/mol. The van der Waals surface area contributed by atoms with E-state index in [1.807, 2.05) is 7.05 Å². The molecule has 0 spiro atoms. The number of hydrogen-bond donors (Lipinski definition) is 1. The highest BCUT2D eigenvalue weighted by molar-refractivity contribution is 5.94. The van der Waals surface area contributed by atoms with E-state index in [1.165, 1.54) is 24.3 Å². The maximum Gasteiger partial charge on any atom is 0.269 e. The summed E-state index contributed by atoms with van der Waals surface area (Å²) in [5.74, 6) is -0.124. The largest absolute Gasteiger partial charge is 0.342 e. The van der Waals surface area contributed by atoms with Crippen LogP contribution in [0.2, 0.25) is 0 Å². The van der Waals surface area contributed by atoms with E-state index in [1.54, 1.807) is 11.9 Å². The number of hydrogen-bond acceptors (Lipinski definition) is 4. The Kier molecular flexibility index (Phi) is 5.26. The lowest BCUT2D eigenvalue weighted by molar-refractivity contribution is -0.384. The Bertz CT molecular complexity index is 417. The topological polar surface area (TPSA) is 75.5 Å². The molecule has 1 aromatic carbocycles. The summed E-state index contributed by atoms with van der Waals surface area (Å²) in [6, 6.07) is 5.65. The molecule has 0 unspecified atom stereocenters. The SMILES string of the molecule is CNCCCN(C)C(=O)c1ccc([N+](=O)[O-])cc1. The van der Waals surface area contributed by atoms with E-state index in [9.17, 15) is 14.9 Å². The molecule has 1 aromatic rings. The van der Waals surface area contributed by atoms with Gasteiger partial charge in [0.15, 0.2) is 0 Å². The number of nitrogens with one attached hydrogen (secondary N) is 1. The molecule has 1 rings (SSSR count). The van der Waals surface area contributed by atoms with Crippen molar-refractivity contribution in [3.8, 4) is 0 Å². The minimum atomic E-state index is -0.481. The number of benzene rings is 1. The standard InChI is InChI=1S/C12H17N3O3/c1-13-8-3-9-14(2)12(16)10-4-6-11(7-5-10)15(17)18/h4-7,13H,3,8-9H2,1-2H3. The van der Waals surface area contributed by atoms with Crippen LogP contribution in [0.15, 0.2) is 24.3 Å². The molecule has 0 aliphatic heterocycles. The molecule has 0 aliphatic rings. The molecular weight excluding hydrogens is 234 g/mol. The fraction of sp³-hybridized carbons (Fsp3) is 0.417. The highest BCUT2D eigenvalue weighted by Gasteiger charge is 2.12. The third-order valence-electron chi connectivity index (χ3n) is 2.59. The van der Waals surface area contributed by atoms with Crippen molar-refractivity contribution >= 4 is 11.6 Å². The number of nitrogens with zero attached hydrogens (tertiary/aromatic N) is 2. The Morgan fingerprint density at radius 1 is 1.39 bits per heavy atom. The van der Waals surface area contributed by atoms with Gasteiger partial charge in [-0.15, -0.1) is 0 Å². The van der Waals surface area contributed by atoms with Crippen LogP contribution in [0.3, 0.4) is 0 Å². The van der Waals surface area contributed by atoms with Crippen molar-refractivity contribution < 1.29 is 9.72 Å². The maximum absolute atomic E-state index is 12.0. The Morgan fingerprint density at radius 3 is 2.50 bits per heavy atom. The van der Waals surface area contributed by atoms with Gasteiger partial charge in [-0.2, -0.15) is 0 Å². The van der Waals surface area contributed by atoms with Crippen LogP contribution in [-0.4, -0.2) is 42.9 Å². The Morgan fingerprint density at radius 2 is 2.00 bits per heavy atom. The molecule has 1 N–H and O–H groups in total. The van der Waals surface area contributed by atoms with Gasteiger partial charge in [0.25, 0.3) is 11.6 Å². The first kappa shape index (κ1) is 14.1. The number of amides is 1. The van der Waals surface area contributed by atoms with E-state index in [4.69, 9.17) is 0 Å². The lowest BCUT2D eigenvalue weighted by Gasteiger charge is -2.16. The number of rotatable bonds is 6. The molecule has 0 saturated heterocycles. The smallest absolute Gasteiger partial charge is 0.269 e. The number of non-ortho nitro benzene ring substituents is 1. The number of carbonyl (C=O) groups is 1. The van der Waals surface area contributed by atoms with Crippen LogP contribution in [0.5, 0.6) is 0 Å². The maximum atomic E-state index is 12.0. The van der Waals surface area contributed by atoms with E-state index in [-0.39, 0.29) is 11.6 Å². The van der Waals surface area contributed by atoms with Crippen molar-refractivity contribution in [2.24, 2.45) is 0 Å². The summed E-state index contributed by atoms with van der Waals surface area (Å²) in [4.78, 5) is 23.6. The van der Waals surface area contributed by atoms with Crippen molar-refractivity contribution in [1.82, 2.24) is 10.2 Å². The van der Waals surface area contributed by atoms with Crippen LogP contribution < -0.4 is 5.32 Å². The molecule has 6 heteroatoms. The van der Waals surface area contributed by atoms with Gasteiger partial charge in [0, 0.05) is 31.3 Å². The van der Waals surface area contributed by atoms with Crippen LogP contribution in [0, 0.1) is 10.1 Å². The third-order valence-corrected chi connectivity index (χ3v) is 2.59.